The Labute approximate surface area is 152 Å². The number of benzene rings is 1. The number of hydrogen-bond acceptors (Lipinski definition) is 5. The van der Waals surface area contributed by atoms with Crippen molar-refractivity contribution in [2.45, 2.75) is 44.1 Å². The average molecular weight is 382 g/mol. The highest BCUT2D eigenvalue weighted by molar-refractivity contribution is 7.89. The normalized spacial score (nSPS) is 23.7. The minimum absolute atomic E-state index is 0.0383. The maximum atomic E-state index is 13.1. The van der Waals surface area contributed by atoms with Gasteiger partial charge in [-0.2, -0.15) is 4.31 Å². The van der Waals surface area contributed by atoms with E-state index in [1.807, 2.05) is 0 Å². The molecular formula is C17H22N2O6S. The van der Waals surface area contributed by atoms with Crippen LogP contribution in [0.5, 0.6) is 5.75 Å². The van der Waals surface area contributed by atoms with E-state index in [-0.39, 0.29) is 23.9 Å². The van der Waals surface area contributed by atoms with Crippen LogP contribution in [0.1, 0.15) is 31.7 Å². The molecule has 2 unspecified atom stereocenters. The van der Waals surface area contributed by atoms with Crippen LogP contribution in [0.25, 0.3) is 0 Å². The number of fused-ring (bicyclic) bond motifs is 1. The van der Waals surface area contributed by atoms with E-state index in [1.165, 1.54) is 10.4 Å². The van der Waals surface area contributed by atoms with Crippen molar-refractivity contribution in [3.05, 3.63) is 17.7 Å². The topological polar surface area (TPSA) is 113 Å². The van der Waals surface area contributed by atoms with Crippen molar-refractivity contribution in [2.24, 2.45) is 5.92 Å². The molecule has 2 aliphatic heterocycles. The zero-order chi connectivity index (χ0) is 19.1. The van der Waals surface area contributed by atoms with Crippen LogP contribution in [0.4, 0.5) is 5.69 Å². The molecule has 0 aliphatic carbocycles. The monoisotopic (exact) mass is 382 g/mol. The van der Waals surface area contributed by atoms with Crippen molar-refractivity contribution in [2.75, 3.05) is 18.4 Å². The lowest BCUT2D eigenvalue weighted by Crippen LogP contribution is -2.42. The Kier molecular flexibility index (Phi) is 4.94. The van der Waals surface area contributed by atoms with Gasteiger partial charge in [-0.25, -0.2) is 8.42 Å². The van der Waals surface area contributed by atoms with Gasteiger partial charge in [-0.3, -0.25) is 9.59 Å². The maximum Gasteiger partial charge on any atom is 0.307 e. The summed E-state index contributed by atoms with van der Waals surface area (Å²) in [5, 5.41) is 11.9. The lowest BCUT2D eigenvalue weighted by atomic mass is 10.0. The molecule has 0 spiro atoms. The Bertz CT molecular complexity index is 851. The Morgan fingerprint density at radius 2 is 2.15 bits per heavy atom. The van der Waals surface area contributed by atoms with Gasteiger partial charge in [0.15, 0.2) is 6.10 Å². The van der Waals surface area contributed by atoms with E-state index in [0.717, 1.165) is 0 Å². The molecule has 2 aliphatic rings. The fourth-order valence-corrected chi connectivity index (χ4v) is 5.08. The summed E-state index contributed by atoms with van der Waals surface area (Å²) in [6, 6.07) is 3.00. The van der Waals surface area contributed by atoms with Crippen LogP contribution in [-0.2, 0) is 19.6 Å². The smallest absolute Gasteiger partial charge is 0.307 e. The number of hydrogen-bond donors (Lipinski definition) is 2. The molecule has 0 bridgehead atoms. The first-order valence-electron chi connectivity index (χ1n) is 8.59. The first kappa shape index (κ1) is 18.7. The summed E-state index contributed by atoms with van der Waals surface area (Å²) in [5.41, 5.74) is 0.915. The number of aryl methyl sites for hydroxylation is 1. The standard InChI is InChI=1S/C17H22N2O6S/c1-3-13-16(20)18-12-7-10(2)15(8-14(12)25-13)26(23,24)19-6-4-5-11(9-19)17(21)22/h7-8,11,13H,3-6,9H2,1-2H3,(H,18,20)(H,21,22). The minimum Gasteiger partial charge on any atom is -0.481 e. The third-order valence-corrected chi connectivity index (χ3v) is 6.83. The predicted molar refractivity (Wildman–Crippen MR) is 93.6 cm³/mol. The molecule has 1 saturated heterocycles. The fraction of sp³-hybridized carbons (Fsp3) is 0.529. The first-order chi connectivity index (χ1) is 12.2. The minimum atomic E-state index is -3.85. The second-order valence-corrected chi connectivity index (χ2v) is 8.56. The fourth-order valence-electron chi connectivity index (χ4n) is 3.33. The molecule has 1 amide bonds. The summed E-state index contributed by atoms with van der Waals surface area (Å²) in [6.45, 7) is 3.70. The number of anilines is 1. The lowest BCUT2D eigenvalue weighted by Gasteiger charge is -2.31. The van der Waals surface area contributed by atoms with Crippen LogP contribution in [0, 0.1) is 12.8 Å². The highest BCUT2D eigenvalue weighted by Crippen LogP contribution is 2.36. The Morgan fingerprint density at radius 3 is 2.81 bits per heavy atom. The summed E-state index contributed by atoms with van der Waals surface area (Å²) in [5.74, 6) is -1.62. The van der Waals surface area contributed by atoms with Gasteiger partial charge in [-0.15, -0.1) is 0 Å². The molecule has 1 aromatic rings. The van der Waals surface area contributed by atoms with E-state index in [2.05, 4.69) is 5.32 Å². The summed E-state index contributed by atoms with van der Waals surface area (Å²) in [6.07, 6.45) is 0.781. The number of carbonyl (C=O) groups excluding carboxylic acids is 1. The van der Waals surface area contributed by atoms with Crippen LogP contribution in [0.15, 0.2) is 17.0 Å². The SMILES string of the molecule is CCC1Oc2cc(S(=O)(=O)N3CCCC(C(=O)O)C3)c(C)cc2NC1=O. The van der Waals surface area contributed by atoms with E-state index < -0.39 is 28.0 Å². The Hall–Kier alpha value is -2.13. The first-order valence-corrected chi connectivity index (χ1v) is 10.0. The molecule has 1 fully saturated rings. The maximum absolute atomic E-state index is 13.1. The van der Waals surface area contributed by atoms with E-state index in [4.69, 9.17) is 4.74 Å². The molecule has 0 saturated carbocycles. The van der Waals surface area contributed by atoms with E-state index in [1.54, 1.807) is 19.9 Å². The molecule has 2 heterocycles. The van der Waals surface area contributed by atoms with Gasteiger partial charge < -0.3 is 15.2 Å². The third kappa shape index (κ3) is 3.28. The Balaban J connectivity index is 1.96. The molecule has 142 valence electrons. The number of aliphatic carboxylic acids is 1. The molecule has 2 atom stereocenters. The second-order valence-electron chi connectivity index (χ2n) is 6.66. The highest BCUT2D eigenvalue weighted by Gasteiger charge is 2.35. The van der Waals surface area contributed by atoms with Crippen LogP contribution in [0.2, 0.25) is 0 Å². The molecule has 9 heteroatoms. The zero-order valence-electron chi connectivity index (χ0n) is 14.7. The van der Waals surface area contributed by atoms with E-state index in [0.29, 0.717) is 36.3 Å². The number of carbonyl (C=O) groups is 2. The number of ether oxygens (including phenoxy) is 1. The van der Waals surface area contributed by atoms with Gasteiger partial charge in [0.25, 0.3) is 5.91 Å². The zero-order valence-corrected chi connectivity index (χ0v) is 15.5. The summed E-state index contributed by atoms with van der Waals surface area (Å²) in [4.78, 5) is 23.2. The average Bonchev–Trinajstić information content (AvgIpc) is 2.60. The van der Waals surface area contributed by atoms with Crippen molar-refractivity contribution in [3.8, 4) is 5.75 Å². The summed E-state index contributed by atoms with van der Waals surface area (Å²) >= 11 is 0. The van der Waals surface area contributed by atoms with Gasteiger partial charge in [-0.1, -0.05) is 6.92 Å². The van der Waals surface area contributed by atoms with Crippen molar-refractivity contribution in [1.29, 1.82) is 0 Å². The molecule has 8 nitrogen and oxygen atoms in total. The molecule has 3 rings (SSSR count). The molecule has 26 heavy (non-hydrogen) atoms. The largest absolute Gasteiger partial charge is 0.481 e. The number of carboxylic acids is 1. The van der Waals surface area contributed by atoms with Crippen molar-refractivity contribution >= 4 is 27.6 Å². The van der Waals surface area contributed by atoms with Crippen molar-refractivity contribution in [3.63, 3.8) is 0 Å². The molecule has 0 radical (unpaired) electrons. The molecular weight excluding hydrogens is 360 g/mol. The van der Waals surface area contributed by atoms with Gasteiger partial charge in [0.05, 0.1) is 16.5 Å². The van der Waals surface area contributed by atoms with Gasteiger partial charge in [-0.05, 0) is 37.8 Å². The van der Waals surface area contributed by atoms with Gasteiger partial charge in [0, 0.05) is 19.2 Å². The summed E-state index contributed by atoms with van der Waals surface area (Å²) < 4.78 is 33.0. The molecule has 2 N–H and O–H groups in total. The third-order valence-electron chi connectivity index (χ3n) is 4.82. The number of nitrogens with zero attached hydrogens (tertiary/aromatic N) is 1. The van der Waals surface area contributed by atoms with Crippen LogP contribution in [0.3, 0.4) is 0 Å². The lowest BCUT2D eigenvalue weighted by molar-refractivity contribution is -0.142. The number of carboxylic acid groups (broad SMARTS) is 1. The van der Waals surface area contributed by atoms with Crippen LogP contribution in [-0.4, -0.2) is 48.9 Å². The predicted octanol–water partition coefficient (Wildman–Crippen LogP) is 1.59. The van der Waals surface area contributed by atoms with Crippen LogP contribution >= 0.6 is 0 Å². The molecule has 0 aromatic heterocycles. The highest BCUT2D eigenvalue weighted by atomic mass is 32.2. The Morgan fingerprint density at radius 1 is 1.42 bits per heavy atom. The second kappa shape index (κ2) is 6.88. The van der Waals surface area contributed by atoms with Crippen LogP contribution < -0.4 is 10.1 Å². The van der Waals surface area contributed by atoms with Crippen molar-refractivity contribution in [1.82, 2.24) is 4.31 Å². The van der Waals surface area contributed by atoms with E-state index in [9.17, 15) is 23.1 Å². The van der Waals surface area contributed by atoms with Gasteiger partial charge in [0.2, 0.25) is 10.0 Å². The molecule has 1 aromatic carbocycles. The van der Waals surface area contributed by atoms with Crippen molar-refractivity contribution < 1.29 is 27.9 Å². The van der Waals surface area contributed by atoms with Gasteiger partial charge in [0.1, 0.15) is 5.75 Å². The quantitative estimate of drug-likeness (QED) is 0.818. The number of nitrogens with one attached hydrogen (secondary N) is 1. The number of sulfonamides is 1. The number of amides is 1. The van der Waals surface area contributed by atoms with Gasteiger partial charge >= 0.3 is 5.97 Å². The summed E-state index contributed by atoms with van der Waals surface area (Å²) in [7, 11) is -3.85. The van der Waals surface area contributed by atoms with E-state index >= 15 is 0 Å². The number of piperidine rings is 1. The number of rotatable bonds is 4.